The largest absolute Gasteiger partial charge is 0.497 e. The molecule has 1 saturated heterocycles. The van der Waals surface area contributed by atoms with E-state index in [9.17, 15) is 0 Å². The van der Waals surface area contributed by atoms with Crippen molar-refractivity contribution in [3.05, 3.63) is 23.8 Å². The van der Waals surface area contributed by atoms with Gasteiger partial charge in [-0.05, 0) is 12.1 Å². The topological polar surface area (TPSA) is 65.7 Å². The third kappa shape index (κ3) is 1.63. The standard InChI is InChI=1S/C11H16N2O3/c1-14-8-3-4-9(10(5-8)15-2)11(13-12)6-16-7-11/h3-5,13H,6-7,12H2,1-2H3. The van der Waals surface area contributed by atoms with E-state index in [1.54, 1.807) is 14.2 Å². The van der Waals surface area contributed by atoms with Crippen LogP contribution < -0.4 is 20.7 Å². The van der Waals surface area contributed by atoms with Crippen LogP contribution in [-0.2, 0) is 10.3 Å². The lowest BCUT2D eigenvalue weighted by Crippen LogP contribution is -2.60. The Morgan fingerprint density at radius 2 is 2.06 bits per heavy atom. The summed E-state index contributed by atoms with van der Waals surface area (Å²) in [6, 6.07) is 5.67. The maximum absolute atomic E-state index is 5.58. The van der Waals surface area contributed by atoms with Crippen molar-refractivity contribution in [1.82, 2.24) is 5.43 Å². The van der Waals surface area contributed by atoms with Crippen molar-refractivity contribution >= 4 is 0 Å². The number of ether oxygens (including phenoxy) is 3. The van der Waals surface area contributed by atoms with Crippen molar-refractivity contribution in [2.24, 2.45) is 5.84 Å². The third-order valence-electron chi connectivity index (χ3n) is 2.90. The molecular formula is C11H16N2O3. The quantitative estimate of drug-likeness (QED) is 0.572. The molecule has 5 heteroatoms. The number of methoxy groups -OCH3 is 2. The number of rotatable bonds is 4. The van der Waals surface area contributed by atoms with E-state index in [1.807, 2.05) is 18.2 Å². The second-order valence-electron chi connectivity index (χ2n) is 3.79. The first-order valence-corrected chi connectivity index (χ1v) is 5.04. The minimum Gasteiger partial charge on any atom is -0.497 e. The van der Waals surface area contributed by atoms with Gasteiger partial charge in [0.25, 0.3) is 0 Å². The molecule has 88 valence electrons. The van der Waals surface area contributed by atoms with Gasteiger partial charge < -0.3 is 14.2 Å². The highest BCUT2D eigenvalue weighted by molar-refractivity contribution is 5.45. The van der Waals surface area contributed by atoms with Crippen LogP contribution in [0, 0.1) is 0 Å². The summed E-state index contributed by atoms with van der Waals surface area (Å²) in [7, 11) is 3.25. The first-order valence-electron chi connectivity index (χ1n) is 5.04. The maximum atomic E-state index is 5.58. The van der Waals surface area contributed by atoms with E-state index in [0.29, 0.717) is 13.2 Å². The average molecular weight is 224 g/mol. The molecule has 0 atom stereocenters. The van der Waals surface area contributed by atoms with Crippen LogP contribution in [0.15, 0.2) is 18.2 Å². The molecule has 5 nitrogen and oxygen atoms in total. The number of hydrogen-bond donors (Lipinski definition) is 2. The normalized spacial score (nSPS) is 17.7. The van der Waals surface area contributed by atoms with Crippen molar-refractivity contribution in [3.63, 3.8) is 0 Å². The highest BCUT2D eigenvalue weighted by atomic mass is 16.5. The Kier molecular flexibility index (Phi) is 3.00. The average Bonchev–Trinajstić information content (AvgIpc) is 2.28. The van der Waals surface area contributed by atoms with Crippen LogP contribution in [0.2, 0.25) is 0 Å². The first-order chi connectivity index (χ1) is 7.75. The van der Waals surface area contributed by atoms with Gasteiger partial charge in [-0.15, -0.1) is 0 Å². The monoisotopic (exact) mass is 224 g/mol. The van der Waals surface area contributed by atoms with Crippen molar-refractivity contribution in [3.8, 4) is 11.5 Å². The summed E-state index contributed by atoms with van der Waals surface area (Å²) < 4.78 is 15.7. The van der Waals surface area contributed by atoms with Crippen LogP contribution in [0.25, 0.3) is 0 Å². The molecule has 1 aliphatic heterocycles. The van der Waals surface area contributed by atoms with Gasteiger partial charge in [0.05, 0.1) is 27.4 Å². The lowest BCUT2D eigenvalue weighted by molar-refractivity contribution is -0.0795. The van der Waals surface area contributed by atoms with Gasteiger partial charge in [0, 0.05) is 11.6 Å². The number of hydrogen-bond acceptors (Lipinski definition) is 5. The Labute approximate surface area is 94.5 Å². The van der Waals surface area contributed by atoms with Crippen molar-refractivity contribution in [2.75, 3.05) is 27.4 Å². The lowest BCUT2D eigenvalue weighted by Gasteiger charge is -2.41. The van der Waals surface area contributed by atoms with Gasteiger partial charge in [-0.2, -0.15) is 0 Å². The van der Waals surface area contributed by atoms with E-state index in [0.717, 1.165) is 17.1 Å². The van der Waals surface area contributed by atoms with Gasteiger partial charge in [-0.25, -0.2) is 5.43 Å². The van der Waals surface area contributed by atoms with Crippen LogP contribution >= 0.6 is 0 Å². The summed E-state index contributed by atoms with van der Waals surface area (Å²) in [4.78, 5) is 0. The number of benzene rings is 1. The van der Waals surface area contributed by atoms with Crippen LogP contribution in [0.5, 0.6) is 11.5 Å². The SMILES string of the molecule is COc1ccc(C2(NN)COC2)c(OC)c1. The summed E-state index contributed by atoms with van der Waals surface area (Å²) in [5, 5.41) is 0. The number of nitrogens with two attached hydrogens (primary N) is 1. The Hall–Kier alpha value is -1.30. The molecule has 1 aliphatic rings. The van der Waals surface area contributed by atoms with E-state index in [2.05, 4.69) is 5.43 Å². The Balaban J connectivity index is 2.39. The van der Waals surface area contributed by atoms with Crippen LogP contribution in [-0.4, -0.2) is 27.4 Å². The van der Waals surface area contributed by atoms with Crippen molar-refractivity contribution < 1.29 is 14.2 Å². The molecule has 1 heterocycles. The number of nitrogens with one attached hydrogen (secondary N) is 1. The fourth-order valence-corrected chi connectivity index (χ4v) is 1.82. The molecule has 0 aliphatic carbocycles. The second-order valence-corrected chi connectivity index (χ2v) is 3.79. The molecule has 0 radical (unpaired) electrons. The molecule has 0 aromatic heterocycles. The van der Waals surface area contributed by atoms with E-state index in [1.165, 1.54) is 0 Å². The molecule has 0 unspecified atom stereocenters. The smallest absolute Gasteiger partial charge is 0.127 e. The number of hydrazine groups is 1. The van der Waals surface area contributed by atoms with E-state index < -0.39 is 0 Å². The Morgan fingerprint density at radius 3 is 2.50 bits per heavy atom. The lowest BCUT2D eigenvalue weighted by atomic mass is 9.88. The maximum Gasteiger partial charge on any atom is 0.127 e. The summed E-state index contributed by atoms with van der Waals surface area (Å²) in [6.45, 7) is 1.10. The summed E-state index contributed by atoms with van der Waals surface area (Å²) in [5.74, 6) is 7.09. The summed E-state index contributed by atoms with van der Waals surface area (Å²) in [5.41, 5.74) is 3.45. The van der Waals surface area contributed by atoms with E-state index >= 15 is 0 Å². The molecule has 3 N–H and O–H groups in total. The minimum absolute atomic E-state index is 0.336. The van der Waals surface area contributed by atoms with E-state index in [-0.39, 0.29) is 5.54 Å². The molecular weight excluding hydrogens is 208 g/mol. The van der Waals surface area contributed by atoms with Gasteiger partial charge >= 0.3 is 0 Å². The van der Waals surface area contributed by atoms with Gasteiger partial charge in [-0.3, -0.25) is 5.84 Å². The highest BCUT2D eigenvalue weighted by Gasteiger charge is 2.41. The van der Waals surface area contributed by atoms with Crippen LogP contribution in [0.4, 0.5) is 0 Å². The first kappa shape index (κ1) is 11.2. The fraction of sp³-hybridized carbons (Fsp3) is 0.455. The van der Waals surface area contributed by atoms with Gasteiger partial charge in [0.2, 0.25) is 0 Å². The summed E-state index contributed by atoms with van der Waals surface area (Å²) >= 11 is 0. The molecule has 1 aromatic carbocycles. The predicted molar refractivity (Wildman–Crippen MR) is 59.4 cm³/mol. The predicted octanol–water partition coefficient (Wildman–Crippen LogP) is 0.393. The molecule has 0 amide bonds. The molecule has 0 saturated carbocycles. The summed E-state index contributed by atoms with van der Waals surface area (Å²) in [6.07, 6.45) is 0. The fourth-order valence-electron chi connectivity index (χ4n) is 1.82. The highest BCUT2D eigenvalue weighted by Crippen LogP contribution is 2.37. The Morgan fingerprint density at radius 1 is 1.31 bits per heavy atom. The van der Waals surface area contributed by atoms with Gasteiger partial charge in [-0.1, -0.05) is 0 Å². The van der Waals surface area contributed by atoms with Crippen LogP contribution in [0.1, 0.15) is 5.56 Å². The molecule has 16 heavy (non-hydrogen) atoms. The molecule has 0 spiro atoms. The van der Waals surface area contributed by atoms with Crippen molar-refractivity contribution in [1.29, 1.82) is 0 Å². The van der Waals surface area contributed by atoms with Crippen LogP contribution in [0.3, 0.4) is 0 Å². The van der Waals surface area contributed by atoms with Gasteiger partial charge in [0.15, 0.2) is 0 Å². The molecule has 1 fully saturated rings. The zero-order chi connectivity index (χ0) is 11.6. The van der Waals surface area contributed by atoms with Crippen molar-refractivity contribution in [2.45, 2.75) is 5.54 Å². The second kappa shape index (κ2) is 4.29. The molecule has 0 bridgehead atoms. The minimum atomic E-state index is -0.336. The molecule has 2 rings (SSSR count). The van der Waals surface area contributed by atoms with Gasteiger partial charge in [0.1, 0.15) is 17.0 Å². The Bertz CT molecular complexity index is 372. The van der Waals surface area contributed by atoms with E-state index in [4.69, 9.17) is 20.1 Å². The third-order valence-corrected chi connectivity index (χ3v) is 2.90. The molecule has 1 aromatic rings. The zero-order valence-electron chi connectivity index (χ0n) is 9.45. The zero-order valence-corrected chi connectivity index (χ0v) is 9.45.